The van der Waals surface area contributed by atoms with Crippen molar-refractivity contribution in [1.82, 2.24) is 4.31 Å². The Kier molecular flexibility index (Phi) is 6.87. The van der Waals surface area contributed by atoms with E-state index in [0.29, 0.717) is 5.57 Å². The van der Waals surface area contributed by atoms with Gasteiger partial charge in [-0.1, -0.05) is 86.2 Å². The highest BCUT2D eigenvalue weighted by Crippen LogP contribution is 2.47. The van der Waals surface area contributed by atoms with Gasteiger partial charge in [0.15, 0.2) is 5.78 Å². The van der Waals surface area contributed by atoms with Crippen molar-refractivity contribution >= 4 is 15.8 Å². The van der Waals surface area contributed by atoms with E-state index < -0.39 is 22.1 Å². The van der Waals surface area contributed by atoms with Crippen LogP contribution in [0.3, 0.4) is 0 Å². The van der Waals surface area contributed by atoms with Gasteiger partial charge in [0.25, 0.3) is 0 Å². The van der Waals surface area contributed by atoms with Crippen LogP contribution in [0, 0.1) is 6.92 Å². The number of nitrogens with zero attached hydrogens (tertiary/aromatic N) is 1. The minimum atomic E-state index is -3.92. The summed E-state index contributed by atoms with van der Waals surface area (Å²) in [4.78, 5) is 13.0. The Morgan fingerprint density at radius 1 is 0.794 bits per heavy atom. The molecule has 4 rings (SSSR count). The van der Waals surface area contributed by atoms with Crippen molar-refractivity contribution in [1.29, 1.82) is 0 Å². The lowest BCUT2D eigenvalue weighted by molar-refractivity contribution is -0.114. The molecule has 4 nitrogen and oxygen atoms in total. The van der Waals surface area contributed by atoms with Crippen LogP contribution in [-0.4, -0.2) is 18.5 Å². The molecule has 176 valence electrons. The van der Waals surface area contributed by atoms with Crippen LogP contribution in [0.15, 0.2) is 89.3 Å². The van der Waals surface area contributed by atoms with Gasteiger partial charge >= 0.3 is 0 Å². The summed E-state index contributed by atoms with van der Waals surface area (Å²) in [6.45, 7) is 7.61. The molecule has 0 saturated heterocycles. The van der Waals surface area contributed by atoms with E-state index >= 15 is 0 Å². The third-order valence-electron chi connectivity index (χ3n) is 6.60. The summed E-state index contributed by atoms with van der Waals surface area (Å²) in [5.74, 6) is -0.124. The molecule has 34 heavy (non-hydrogen) atoms. The Balaban J connectivity index is 1.91. The predicted molar refractivity (Wildman–Crippen MR) is 136 cm³/mol. The van der Waals surface area contributed by atoms with Crippen LogP contribution >= 0.6 is 0 Å². The van der Waals surface area contributed by atoms with Crippen LogP contribution in [0.5, 0.6) is 0 Å². The highest BCUT2D eigenvalue weighted by atomic mass is 32.2. The quantitative estimate of drug-likeness (QED) is 0.415. The van der Waals surface area contributed by atoms with Crippen LogP contribution in [0.1, 0.15) is 60.7 Å². The fraction of sp³-hybridized carbons (Fsp3) is 0.276. The van der Waals surface area contributed by atoms with Gasteiger partial charge in [0.2, 0.25) is 10.0 Å². The summed E-state index contributed by atoms with van der Waals surface area (Å²) < 4.78 is 29.7. The zero-order valence-corrected chi connectivity index (χ0v) is 21.0. The standard InChI is InChI=1S/C29H31NO3S/c1-5-22-9-13-24(14-10-22)28-19-27(21(4)31)29(25-15-11-23(6-2)12-16-25)30(28)34(32,33)26-17-7-20(3)8-18-26/h7-19,28-29H,5-6H2,1-4H3/t28-,29-/m0/s1. The molecule has 2 atom stereocenters. The van der Waals surface area contributed by atoms with Crippen molar-refractivity contribution in [2.24, 2.45) is 0 Å². The number of hydrogen-bond acceptors (Lipinski definition) is 3. The molecule has 0 N–H and O–H groups in total. The summed E-state index contributed by atoms with van der Waals surface area (Å²) in [5.41, 5.74) is 5.47. The van der Waals surface area contributed by atoms with Gasteiger partial charge in [-0.05, 0) is 61.1 Å². The fourth-order valence-corrected chi connectivity index (χ4v) is 6.24. The molecule has 0 bridgehead atoms. The second-order valence-corrected chi connectivity index (χ2v) is 10.7. The molecule has 1 aliphatic heterocycles. The van der Waals surface area contributed by atoms with E-state index in [1.165, 1.54) is 16.8 Å². The number of ketones is 1. The lowest BCUT2D eigenvalue weighted by atomic mass is 9.97. The minimum absolute atomic E-state index is 0.124. The van der Waals surface area contributed by atoms with Gasteiger partial charge in [0.05, 0.1) is 17.0 Å². The van der Waals surface area contributed by atoms with Crippen LogP contribution in [0.4, 0.5) is 0 Å². The molecule has 0 spiro atoms. The first-order valence-corrected chi connectivity index (χ1v) is 13.2. The molecule has 3 aromatic carbocycles. The van der Waals surface area contributed by atoms with E-state index in [-0.39, 0.29) is 10.7 Å². The molecule has 0 amide bonds. The second kappa shape index (κ2) is 9.69. The summed E-state index contributed by atoms with van der Waals surface area (Å²) in [7, 11) is -3.92. The summed E-state index contributed by atoms with van der Waals surface area (Å²) >= 11 is 0. The minimum Gasteiger partial charge on any atom is -0.295 e. The molecule has 0 radical (unpaired) electrons. The number of benzene rings is 3. The number of sulfonamides is 1. The molecule has 1 aliphatic rings. The van der Waals surface area contributed by atoms with Gasteiger partial charge in [0.1, 0.15) is 0 Å². The summed E-state index contributed by atoms with van der Waals surface area (Å²) in [5, 5.41) is 0. The highest BCUT2D eigenvalue weighted by molar-refractivity contribution is 7.89. The van der Waals surface area contributed by atoms with Crippen molar-refractivity contribution in [2.45, 2.75) is 57.5 Å². The van der Waals surface area contributed by atoms with Crippen molar-refractivity contribution in [2.75, 3.05) is 0 Å². The highest BCUT2D eigenvalue weighted by Gasteiger charge is 2.45. The van der Waals surface area contributed by atoms with Crippen molar-refractivity contribution in [3.8, 4) is 0 Å². The number of Topliss-reactive ketones (excluding diaryl/α,β-unsaturated/α-hetero) is 1. The van der Waals surface area contributed by atoms with Crippen LogP contribution in [0.25, 0.3) is 0 Å². The first kappa shape index (κ1) is 24.1. The molecule has 0 aliphatic carbocycles. The molecule has 5 heteroatoms. The van der Waals surface area contributed by atoms with E-state index in [9.17, 15) is 13.2 Å². The molecular formula is C29H31NO3S. The Hall–Kier alpha value is -3.02. The third kappa shape index (κ3) is 4.50. The molecule has 0 unspecified atom stereocenters. The number of rotatable bonds is 7. The monoisotopic (exact) mass is 473 g/mol. The Bertz CT molecular complexity index is 1310. The normalized spacial score (nSPS) is 18.6. The number of hydrogen-bond donors (Lipinski definition) is 0. The molecule has 0 aromatic heterocycles. The number of aryl methyl sites for hydroxylation is 3. The molecule has 1 heterocycles. The largest absolute Gasteiger partial charge is 0.295 e. The molecule has 0 fully saturated rings. The zero-order valence-electron chi connectivity index (χ0n) is 20.2. The maximum Gasteiger partial charge on any atom is 0.244 e. The van der Waals surface area contributed by atoms with Crippen LogP contribution in [0.2, 0.25) is 0 Å². The van der Waals surface area contributed by atoms with Crippen LogP contribution < -0.4 is 0 Å². The van der Waals surface area contributed by atoms with Crippen molar-refractivity contribution < 1.29 is 13.2 Å². The Labute approximate surface area is 203 Å². The third-order valence-corrected chi connectivity index (χ3v) is 8.46. The summed E-state index contributed by atoms with van der Waals surface area (Å²) in [6.07, 6.45) is 3.61. The van der Waals surface area contributed by atoms with Gasteiger partial charge in [0, 0.05) is 5.57 Å². The van der Waals surface area contributed by atoms with E-state index in [0.717, 1.165) is 35.1 Å². The maximum absolute atomic E-state index is 14.1. The smallest absolute Gasteiger partial charge is 0.244 e. The van der Waals surface area contributed by atoms with Crippen molar-refractivity contribution in [3.05, 3.63) is 112 Å². The van der Waals surface area contributed by atoms with E-state index in [1.807, 2.05) is 61.5 Å². The average Bonchev–Trinajstić information content (AvgIpc) is 3.26. The predicted octanol–water partition coefficient (Wildman–Crippen LogP) is 6.12. The SMILES string of the molecule is CCc1ccc([C@H]2C(C(C)=O)=C[C@@H](c3ccc(CC)cc3)N2S(=O)(=O)c2ccc(C)cc2)cc1. The average molecular weight is 474 g/mol. The van der Waals surface area contributed by atoms with Gasteiger partial charge < -0.3 is 0 Å². The zero-order chi connectivity index (χ0) is 24.5. The molecule has 3 aromatic rings. The van der Waals surface area contributed by atoms with Crippen molar-refractivity contribution in [3.63, 3.8) is 0 Å². The van der Waals surface area contributed by atoms with E-state index in [1.54, 1.807) is 24.3 Å². The Morgan fingerprint density at radius 3 is 1.76 bits per heavy atom. The topological polar surface area (TPSA) is 54.5 Å². The van der Waals surface area contributed by atoms with Gasteiger partial charge in [-0.15, -0.1) is 0 Å². The number of carbonyl (C=O) groups excluding carboxylic acids is 1. The lowest BCUT2D eigenvalue weighted by Crippen LogP contribution is -2.35. The first-order valence-electron chi connectivity index (χ1n) is 11.8. The van der Waals surface area contributed by atoms with Crippen LogP contribution in [-0.2, 0) is 27.7 Å². The van der Waals surface area contributed by atoms with E-state index in [2.05, 4.69) is 13.8 Å². The maximum atomic E-state index is 14.1. The summed E-state index contributed by atoms with van der Waals surface area (Å²) in [6, 6.07) is 21.5. The van der Waals surface area contributed by atoms with Gasteiger partial charge in [-0.25, -0.2) is 8.42 Å². The van der Waals surface area contributed by atoms with Gasteiger partial charge in [-0.2, -0.15) is 4.31 Å². The second-order valence-electron chi connectivity index (χ2n) is 8.86. The fourth-order valence-electron chi connectivity index (χ4n) is 4.52. The van der Waals surface area contributed by atoms with E-state index in [4.69, 9.17) is 0 Å². The lowest BCUT2D eigenvalue weighted by Gasteiger charge is -2.31. The molecular weight excluding hydrogens is 442 g/mol. The Morgan fingerprint density at radius 2 is 1.29 bits per heavy atom. The first-order chi connectivity index (χ1) is 16.3. The molecule has 0 saturated carbocycles. The number of carbonyl (C=O) groups is 1. The van der Waals surface area contributed by atoms with Gasteiger partial charge in [-0.3, -0.25) is 4.79 Å².